The van der Waals surface area contributed by atoms with Crippen LogP contribution in [-0.4, -0.2) is 22.4 Å². The monoisotopic (exact) mass is 382 g/mol. The molecular weight excluding hydrogens is 360 g/mol. The first-order valence-electron chi connectivity index (χ1n) is 8.71. The third-order valence-corrected chi connectivity index (χ3v) is 4.07. The molecule has 0 aliphatic carbocycles. The molecular formula is C20H22N4O4. The second kappa shape index (κ2) is 9.40. The molecule has 0 radical (unpaired) electrons. The van der Waals surface area contributed by atoms with E-state index in [1.807, 2.05) is 32.0 Å². The molecule has 2 rings (SSSR count). The van der Waals surface area contributed by atoms with Crippen LogP contribution >= 0.6 is 0 Å². The Morgan fingerprint density at radius 3 is 2.50 bits per heavy atom. The Bertz CT molecular complexity index is 938. The summed E-state index contributed by atoms with van der Waals surface area (Å²) >= 11 is 0. The molecule has 0 aromatic heterocycles. The first-order valence-corrected chi connectivity index (χ1v) is 8.71. The van der Waals surface area contributed by atoms with E-state index < -0.39 is 10.8 Å². The first-order chi connectivity index (χ1) is 13.3. The van der Waals surface area contributed by atoms with E-state index in [1.54, 1.807) is 19.1 Å². The fourth-order valence-corrected chi connectivity index (χ4v) is 2.42. The van der Waals surface area contributed by atoms with Crippen LogP contribution in [0.3, 0.4) is 0 Å². The molecule has 0 atom stereocenters. The summed E-state index contributed by atoms with van der Waals surface area (Å²) in [6, 6.07) is 11.7. The van der Waals surface area contributed by atoms with Crippen molar-refractivity contribution in [2.75, 3.05) is 5.32 Å². The van der Waals surface area contributed by atoms with E-state index >= 15 is 0 Å². The van der Waals surface area contributed by atoms with Gasteiger partial charge in [0.05, 0.1) is 10.6 Å². The van der Waals surface area contributed by atoms with Gasteiger partial charge in [0.15, 0.2) is 0 Å². The zero-order chi connectivity index (χ0) is 20.7. The fraction of sp³-hybridized carbons (Fsp3) is 0.250. The highest BCUT2D eigenvalue weighted by molar-refractivity contribution is 6.00. The highest BCUT2D eigenvalue weighted by atomic mass is 16.6. The number of rotatable bonds is 7. The van der Waals surface area contributed by atoms with Crippen molar-refractivity contribution in [1.29, 1.82) is 0 Å². The van der Waals surface area contributed by atoms with Gasteiger partial charge in [-0.1, -0.05) is 24.3 Å². The number of non-ortho nitro benzene ring substituents is 1. The number of hydrogen-bond donors (Lipinski definition) is 2. The van der Waals surface area contributed by atoms with E-state index in [9.17, 15) is 19.7 Å². The van der Waals surface area contributed by atoms with Crippen molar-refractivity contribution in [3.63, 3.8) is 0 Å². The normalized spacial score (nSPS) is 11.0. The van der Waals surface area contributed by atoms with Gasteiger partial charge in [-0.15, -0.1) is 0 Å². The molecule has 8 heteroatoms. The maximum atomic E-state index is 12.1. The standard InChI is InChI=1S/C20H22N4O4/c1-13-7-8-14(2)18(11-13)21-19(25)9-10-20(26)23-22-15(3)16-5-4-6-17(12-16)24(27)28/h4-8,11-12H,9-10H2,1-3H3,(H,21,25)(H,23,26)/b22-15+. The SMILES string of the molecule is C/C(=N\NC(=O)CCC(=O)Nc1cc(C)ccc1C)c1cccc([N+](=O)[O-])c1. The molecule has 0 spiro atoms. The Labute approximate surface area is 162 Å². The third kappa shape index (κ3) is 6.01. The number of hydrazone groups is 1. The number of nitrogens with one attached hydrogen (secondary N) is 2. The van der Waals surface area contributed by atoms with Crippen molar-refractivity contribution in [3.8, 4) is 0 Å². The summed E-state index contributed by atoms with van der Waals surface area (Å²) in [4.78, 5) is 34.3. The number of aryl methyl sites for hydroxylation is 2. The van der Waals surface area contributed by atoms with Crippen LogP contribution < -0.4 is 10.7 Å². The molecule has 0 aliphatic heterocycles. The van der Waals surface area contributed by atoms with Gasteiger partial charge in [0.2, 0.25) is 11.8 Å². The van der Waals surface area contributed by atoms with Crippen molar-refractivity contribution in [2.24, 2.45) is 5.10 Å². The van der Waals surface area contributed by atoms with E-state index in [-0.39, 0.29) is 24.4 Å². The summed E-state index contributed by atoms with van der Waals surface area (Å²) in [7, 11) is 0. The van der Waals surface area contributed by atoms with Crippen molar-refractivity contribution < 1.29 is 14.5 Å². The Kier molecular flexibility index (Phi) is 6.97. The maximum Gasteiger partial charge on any atom is 0.270 e. The lowest BCUT2D eigenvalue weighted by Gasteiger charge is -2.09. The first kappa shape index (κ1) is 20.8. The number of benzene rings is 2. The molecule has 2 amide bonds. The summed E-state index contributed by atoms with van der Waals surface area (Å²) < 4.78 is 0. The number of nitro benzene ring substituents is 1. The van der Waals surface area contributed by atoms with Crippen LogP contribution in [0.1, 0.15) is 36.5 Å². The number of anilines is 1. The topological polar surface area (TPSA) is 114 Å². The average Bonchev–Trinajstić information content (AvgIpc) is 2.67. The minimum Gasteiger partial charge on any atom is -0.326 e. The van der Waals surface area contributed by atoms with Crippen LogP contribution in [0, 0.1) is 24.0 Å². The summed E-state index contributed by atoms with van der Waals surface area (Å²) in [5.74, 6) is -0.677. The van der Waals surface area contributed by atoms with Crippen LogP contribution in [0.4, 0.5) is 11.4 Å². The van der Waals surface area contributed by atoms with Crippen LogP contribution in [0.5, 0.6) is 0 Å². The van der Waals surface area contributed by atoms with Crippen molar-refractivity contribution in [2.45, 2.75) is 33.6 Å². The van der Waals surface area contributed by atoms with Gasteiger partial charge in [0.1, 0.15) is 0 Å². The van der Waals surface area contributed by atoms with Crippen LogP contribution in [-0.2, 0) is 9.59 Å². The number of nitrogens with zero attached hydrogens (tertiary/aromatic N) is 2. The van der Waals surface area contributed by atoms with Crippen LogP contribution in [0.15, 0.2) is 47.6 Å². The largest absolute Gasteiger partial charge is 0.326 e. The van der Waals surface area contributed by atoms with E-state index in [1.165, 1.54) is 12.1 Å². The molecule has 0 unspecified atom stereocenters. The van der Waals surface area contributed by atoms with E-state index in [0.717, 1.165) is 16.8 Å². The zero-order valence-electron chi connectivity index (χ0n) is 16.0. The van der Waals surface area contributed by atoms with Crippen molar-refractivity contribution in [3.05, 3.63) is 69.3 Å². The Hall–Kier alpha value is -3.55. The lowest BCUT2D eigenvalue weighted by Crippen LogP contribution is -2.22. The molecule has 2 N–H and O–H groups in total. The van der Waals surface area contributed by atoms with Gasteiger partial charge in [0, 0.05) is 36.2 Å². The molecule has 0 saturated carbocycles. The Balaban J connectivity index is 1.87. The van der Waals surface area contributed by atoms with Crippen molar-refractivity contribution in [1.82, 2.24) is 5.43 Å². The highest BCUT2D eigenvalue weighted by Crippen LogP contribution is 2.17. The molecule has 2 aromatic carbocycles. The predicted molar refractivity (Wildman–Crippen MR) is 107 cm³/mol. The summed E-state index contributed by atoms with van der Waals surface area (Å²) in [6.45, 7) is 5.46. The third-order valence-electron chi connectivity index (χ3n) is 4.07. The van der Waals surface area contributed by atoms with Crippen LogP contribution in [0.25, 0.3) is 0 Å². The molecule has 2 aromatic rings. The van der Waals surface area contributed by atoms with Gasteiger partial charge >= 0.3 is 0 Å². The molecule has 0 aliphatic rings. The lowest BCUT2D eigenvalue weighted by atomic mass is 10.1. The van der Waals surface area contributed by atoms with E-state index in [4.69, 9.17) is 0 Å². The quantitative estimate of drug-likeness (QED) is 0.433. The fourth-order valence-electron chi connectivity index (χ4n) is 2.42. The van der Waals surface area contributed by atoms with Gasteiger partial charge in [-0.25, -0.2) is 5.43 Å². The van der Waals surface area contributed by atoms with Crippen molar-refractivity contribution >= 4 is 28.9 Å². The highest BCUT2D eigenvalue weighted by Gasteiger charge is 2.10. The second-order valence-corrected chi connectivity index (χ2v) is 6.41. The molecule has 0 heterocycles. The van der Waals surface area contributed by atoms with Crippen LogP contribution in [0.2, 0.25) is 0 Å². The lowest BCUT2D eigenvalue weighted by molar-refractivity contribution is -0.384. The molecule has 28 heavy (non-hydrogen) atoms. The molecule has 0 bridgehead atoms. The van der Waals surface area contributed by atoms with E-state index in [0.29, 0.717) is 11.3 Å². The van der Waals surface area contributed by atoms with Gasteiger partial charge in [0.25, 0.3) is 5.69 Å². The zero-order valence-corrected chi connectivity index (χ0v) is 16.0. The number of hydrogen-bond acceptors (Lipinski definition) is 5. The molecule has 0 saturated heterocycles. The number of amides is 2. The second-order valence-electron chi connectivity index (χ2n) is 6.41. The number of carbonyl (C=O) groups is 2. The van der Waals surface area contributed by atoms with E-state index in [2.05, 4.69) is 15.8 Å². The smallest absolute Gasteiger partial charge is 0.270 e. The average molecular weight is 382 g/mol. The summed E-state index contributed by atoms with van der Waals surface area (Å²) in [5.41, 5.74) is 5.98. The predicted octanol–water partition coefficient (Wildman–Crippen LogP) is 3.47. The Morgan fingerprint density at radius 2 is 1.79 bits per heavy atom. The minimum absolute atomic E-state index is 0.0184. The van der Waals surface area contributed by atoms with Gasteiger partial charge < -0.3 is 5.32 Å². The summed E-state index contributed by atoms with van der Waals surface area (Å²) in [5, 5.41) is 17.6. The maximum absolute atomic E-state index is 12.1. The summed E-state index contributed by atoms with van der Waals surface area (Å²) in [6.07, 6.45) is -0.00694. The van der Waals surface area contributed by atoms with Gasteiger partial charge in [-0.05, 0) is 38.0 Å². The van der Waals surface area contributed by atoms with Gasteiger partial charge in [-0.3, -0.25) is 19.7 Å². The number of nitro groups is 1. The molecule has 0 fully saturated rings. The molecule has 146 valence electrons. The molecule has 8 nitrogen and oxygen atoms in total. The Morgan fingerprint density at radius 1 is 1.07 bits per heavy atom. The number of carbonyl (C=O) groups excluding carboxylic acids is 2. The van der Waals surface area contributed by atoms with Gasteiger partial charge in [-0.2, -0.15) is 5.10 Å². The minimum atomic E-state index is -0.496.